The number of benzene rings is 1. The highest BCUT2D eigenvalue weighted by Crippen LogP contribution is 2.37. The SMILES string of the molecule is CCCC[C@@H]1CN(C(=O)c2cnnn2-c2ccccc2)C[C@H](C2CC2)O1. The fraction of sp³-hybridized carbons (Fsp3) is 0.550. The largest absolute Gasteiger partial charge is 0.371 e. The predicted octanol–water partition coefficient (Wildman–Crippen LogP) is 3.08. The van der Waals surface area contributed by atoms with Gasteiger partial charge in [-0.1, -0.05) is 43.2 Å². The molecule has 0 bridgehead atoms. The second kappa shape index (κ2) is 7.58. The molecule has 4 rings (SSSR count). The maximum atomic E-state index is 13.2. The minimum atomic E-state index is -0.00528. The lowest BCUT2D eigenvalue weighted by atomic mass is 10.1. The van der Waals surface area contributed by atoms with Gasteiger partial charge in [0, 0.05) is 13.1 Å². The van der Waals surface area contributed by atoms with Gasteiger partial charge in [0.1, 0.15) is 0 Å². The standard InChI is InChI=1S/C20H26N4O2/c1-2-3-9-17-13-23(14-19(26-17)15-10-11-15)20(25)18-12-21-22-24(18)16-7-5-4-6-8-16/h4-8,12,15,17,19H,2-3,9-11,13-14H2,1H3/t17-,19-/m1/s1. The van der Waals surface area contributed by atoms with Gasteiger partial charge < -0.3 is 9.64 Å². The molecular weight excluding hydrogens is 328 g/mol. The quantitative estimate of drug-likeness (QED) is 0.800. The maximum absolute atomic E-state index is 13.2. The average molecular weight is 354 g/mol. The lowest BCUT2D eigenvalue weighted by Gasteiger charge is -2.38. The van der Waals surface area contributed by atoms with Crippen LogP contribution in [0.4, 0.5) is 0 Å². The van der Waals surface area contributed by atoms with Crippen LogP contribution < -0.4 is 0 Å². The van der Waals surface area contributed by atoms with Crippen molar-refractivity contribution in [2.24, 2.45) is 5.92 Å². The minimum Gasteiger partial charge on any atom is -0.371 e. The van der Waals surface area contributed by atoms with Gasteiger partial charge in [0.05, 0.1) is 24.1 Å². The molecule has 0 spiro atoms. The molecule has 1 aromatic heterocycles. The highest BCUT2D eigenvalue weighted by Gasteiger charge is 2.40. The summed E-state index contributed by atoms with van der Waals surface area (Å²) in [6, 6.07) is 9.68. The molecule has 2 atom stereocenters. The van der Waals surface area contributed by atoms with E-state index >= 15 is 0 Å². The number of unbranched alkanes of at least 4 members (excludes halogenated alkanes) is 1. The van der Waals surface area contributed by atoms with E-state index in [9.17, 15) is 4.79 Å². The third-order valence-corrected chi connectivity index (χ3v) is 5.28. The van der Waals surface area contributed by atoms with E-state index < -0.39 is 0 Å². The van der Waals surface area contributed by atoms with Crippen LogP contribution in [0.1, 0.15) is 49.5 Å². The summed E-state index contributed by atoms with van der Waals surface area (Å²) in [5, 5.41) is 8.11. The van der Waals surface area contributed by atoms with Crippen molar-refractivity contribution in [3.63, 3.8) is 0 Å². The van der Waals surface area contributed by atoms with E-state index in [1.54, 1.807) is 10.9 Å². The van der Waals surface area contributed by atoms with Gasteiger partial charge in [-0.15, -0.1) is 5.10 Å². The number of carbonyl (C=O) groups excluding carboxylic acids is 1. The topological polar surface area (TPSA) is 60.2 Å². The van der Waals surface area contributed by atoms with Gasteiger partial charge in [-0.05, 0) is 37.3 Å². The van der Waals surface area contributed by atoms with Crippen molar-refractivity contribution in [3.05, 3.63) is 42.2 Å². The molecule has 6 heteroatoms. The van der Waals surface area contributed by atoms with Crippen LogP contribution >= 0.6 is 0 Å². The van der Waals surface area contributed by atoms with Gasteiger partial charge in [-0.2, -0.15) is 0 Å². The average Bonchev–Trinajstić information content (AvgIpc) is 3.43. The molecule has 6 nitrogen and oxygen atoms in total. The van der Waals surface area contributed by atoms with Gasteiger partial charge in [-0.3, -0.25) is 4.79 Å². The maximum Gasteiger partial charge on any atom is 0.274 e. The van der Waals surface area contributed by atoms with Crippen molar-refractivity contribution in [1.29, 1.82) is 0 Å². The molecule has 1 amide bonds. The van der Waals surface area contributed by atoms with Crippen LogP contribution in [0.25, 0.3) is 5.69 Å². The Morgan fingerprint density at radius 1 is 1.23 bits per heavy atom. The molecule has 1 saturated carbocycles. The molecule has 1 aliphatic carbocycles. The van der Waals surface area contributed by atoms with Crippen LogP contribution in [0.2, 0.25) is 0 Å². The van der Waals surface area contributed by atoms with Crippen molar-refractivity contribution < 1.29 is 9.53 Å². The molecule has 0 N–H and O–H groups in total. The normalized spacial score (nSPS) is 23.2. The predicted molar refractivity (Wildman–Crippen MR) is 98.2 cm³/mol. The van der Waals surface area contributed by atoms with Crippen molar-refractivity contribution in [2.45, 2.75) is 51.2 Å². The molecule has 2 heterocycles. The smallest absolute Gasteiger partial charge is 0.274 e. The second-order valence-corrected chi connectivity index (χ2v) is 7.35. The van der Waals surface area contributed by atoms with Crippen molar-refractivity contribution >= 4 is 5.91 Å². The Hall–Kier alpha value is -2.21. The molecular formula is C20H26N4O2. The molecule has 2 fully saturated rings. The summed E-state index contributed by atoms with van der Waals surface area (Å²) in [6.07, 6.45) is 7.61. The summed E-state index contributed by atoms with van der Waals surface area (Å²) in [7, 11) is 0. The lowest BCUT2D eigenvalue weighted by molar-refractivity contribution is -0.0875. The zero-order valence-corrected chi connectivity index (χ0v) is 15.3. The number of aromatic nitrogens is 3. The third-order valence-electron chi connectivity index (χ3n) is 5.28. The first kappa shape index (κ1) is 17.2. The molecule has 2 aromatic rings. The van der Waals surface area contributed by atoms with Crippen LogP contribution in [0.5, 0.6) is 0 Å². The number of nitrogens with zero attached hydrogens (tertiary/aromatic N) is 4. The van der Waals surface area contributed by atoms with E-state index in [4.69, 9.17) is 4.74 Å². The molecule has 2 aliphatic rings. The van der Waals surface area contributed by atoms with Crippen LogP contribution in [-0.2, 0) is 4.74 Å². The highest BCUT2D eigenvalue weighted by atomic mass is 16.5. The van der Waals surface area contributed by atoms with Crippen LogP contribution in [0.15, 0.2) is 36.5 Å². The van der Waals surface area contributed by atoms with E-state index in [0.717, 1.165) is 24.9 Å². The number of amides is 1. The number of hydrogen-bond donors (Lipinski definition) is 0. The third kappa shape index (κ3) is 3.65. The van der Waals surface area contributed by atoms with Gasteiger partial charge in [0.15, 0.2) is 5.69 Å². The van der Waals surface area contributed by atoms with E-state index in [2.05, 4.69) is 17.2 Å². The van der Waals surface area contributed by atoms with E-state index in [1.165, 1.54) is 12.8 Å². The first-order chi connectivity index (χ1) is 12.8. The van der Waals surface area contributed by atoms with Crippen LogP contribution in [0.3, 0.4) is 0 Å². The summed E-state index contributed by atoms with van der Waals surface area (Å²) in [5.41, 5.74) is 1.37. The Morgan fingerprint density at radius 3 is 2.77 bits per heavy atom. The van der Waals surface area contributed by atoms with Gasteiger partial charge in [-0.25, -0.2) is 4.68 Å². The fourth-order valence-corrected chi connectivity index (χ4v) is 3.66. The van der Waals surface area contributed by atoms with Gasteiger partial charge in [0.2, 0.25) is 0 Å². The van der Waals surface area contributed by atoms with E-state index in [-0.39, 0.29) is 18.1 Å². The summed E-state index contributed by atoms with van der Waals surface area (Å²) in [4.78, 5) is 15.2. The number of para-hydroxylation sites is 1. The number of hydrogen-bond acceptors (Lipinski definition) is 4. The minimum absolute atomic E-state index is 0.00528. The number of carbonyl (C=O) groups is 1. The summed E-state index contributed by atoms with van der Waals surface area (Å²) < 4.78 is 7.92. The molecule has 1 saturated heterocycles. The first-order valence-electron chi connectivity index (χ1n) is 9.67. The van der Waals surface area contributed by atoms with Crippen LogP contribution in [0, 0.1) is 5.92 Å². The fourth-order valence-electron chi connectivity index (χ4n) is 3.66. The van der Waals surface area contributed by atoms with E-state index in [0.29, 0.717) is 24.7 Å². The van der Waals surface area contributed by atoms with Crippen molar-refractivity contribution in [2.75, 3.05) is 13.1 Å². The number of ether oxygens (including phenoxy) is 1. The molecule has 1 aliphatic heterocycles. The Kier molecular flexibility index (Phi) is 5.02. The first-order valence-corrected chi connectivity index (χ1v) is 9.67. The monoisotopic (exact) mass is 354 g/mol. The molecule has 138 valence electrons. The summed E-state index contributed by atoms with van der Waals surface area (Å²) in [5.74, 6) is 0.612. The van der Waals surface area contributed by atoms with E-state index in [1.807, 2.05) is 35.2 Å². The molecule has 26 heavy (non-hydrogen) atoms. The Morgan fingerprint density at radius 2 is 2.04 bits per heavy atom. The number of morpholine rings is 1. The number of rotatable bonds is 6. The van der Waals surface area contributed by atoms with Gasteiger partial charge >= 0.3 is 0 Å². The molecule has 0 unspecified atom stereocenters. The molecule has 0 radical (unpaired) electrons. The Bertz CT molecular complexity index is 741. The highest BCUT2D eigenvalue weighted by molar-refractivity contribution is 5.93. The second-order valence-electron chi connectivity index (χ2n) is 7.35. The van der Waals surface area contributed by atoms with Crippen molar-refractivity contribution in [1.82, 2.24) is 19.9 Å². The zero-order chi connectivity index (χ0) is 17.9. The summed E-state index contributed by atoms with van der Waals surface area (Å²) >= 11 is 0. The van der Waals surface area contributed by atoms with Crippen molar-refractivity contribution in [3.8, 4) is 5.69 Å². The van der Waals surface area contributed by atoms with Crippen LogP contribution in [-0.4, -0.2) is 51.1 Å². The lowest BCUT2D eigenvalue weighted by Crippen LogP contribution is -2.51. The Balaban J connectivity index is 1.54. The molecule has 1 aromatic carbocycles. The van der Waals surface area contributed by atoms with Gasteiger partial charge in [0.25, 0.3) is 5.91 Å². The Labute approximate surface area is 154 Å². The zero-order valence-electron chi connectivity index (χ0n) is 15.3. The summed E-state index contributed by atoms with van der Waals surface area (Å²) in [6.45, 7) is 3.52.